The van der Waals surface area contributed by atoms with Gasteiger partial charge in [0, 0.05) is 18.3 Å². The number of hydrogen-bond acceptors (Lipinski definition) is 7. The summed E-state index contributed by atoms with van der Waals surface area (Å²) in [6, 6.07) is 12.9. The van der Waals surface area contributed by atoms with Crippen molar-refractivity contribution in [1.82, 2.24) is 9.55 Å². The van der Waals surface area contributed by atoms with Gasteiger partial charge < -0.3 is 29.2 Å². The second-order valence-corrected chi connectivity index (χ2v) is 7.47. The van der Waals surface area contributed by atoms with Gasteiger partial charge in [-0.05, 0) is 29.8 Å². The first kappa shape index (κ1) is 22.5. The van der Waals surface area contributed by atoms with Crippen molar-refractivity contribution >= 4 is 23.4 Å². The van der Waals surface area contributed by atoms with E-state index in [1.54, 1.807) is 45.7 Å². The van der Waals surface area contributed by atoms with Crippen LogP contribution in [0.3, 0.4) is 0 Å². The Hall–Kier alpha value is -3.17. The molecule has 0 unspecified atom stereocenters. The average Bonchev–Trinajstić information content (AvgIpc) is 3.19. The van der Waals surface area contributed by atoms with Crippen LogP contribution in [-0.2, 0) is 17.9 Å². The molecule has 164 valence electrons. The van der Waals surface area contributed by atoms with Crippen LogP contribution in [-0.4, -0.2) is 47.6 Å². The monoisotopic (exact) mass is 443 g/mol. The zero-order valence-corrected chi connectivity index (χ0v) is 18.4. The van der Waals surface area contributed by atoms with Gasteiger partial charge in [-0.15, -0.1) is 0 Å². The van der Waals surface area contributed by atoms with Crippen LogP contribution in [0.25, 0.3) is 0 Å². The van der Waals surface area contributed by atoms with E-state index in [9.17, 15) is 9.90 Å². The molecule has 0 aliphatic rings. The molecule has 0 spiro atoms. The number of nitrogens with one attached hydrogen (secondary N) is 1. The first-order valence-electron chi connectivity index (χ1n) is 9.50. The summed E-state index contributed by atoms with van der Waals surface area (Å²) in [5.41, 5.74) is 2.32. The van der Waals surface area contributed by atoms with E-state index in [-0.39, 0.29) is 18.3 Å². The Bertz CT molecular complexity index is 1020. The Balaban J connectivity index is 1.66. The van der Waals surface area contributed by atoms with Crippen molar-refractivity contribution in [3.63, 3.8) is 0 Å². The summed E-state index contributed by atoms with van der Waals surface area (Å²) in [5.74, 6) is 1.89. The SMILES string of the molecule is COc1ccc(Cn2c(CO)cnc2SCC(=O)Nc2ccc(OC)c(OC)c2)cc1. The Morgan fingerprint density at radius 3 is 2.45 bits per heavy atom. The number of aromatic nitrogens is 2. The summed E-state index contributed by atoms with van der Waals surface area (Å²) in [4.78, 5) is 16.8. The van der Waals surface area contributed by atoms with Gasteiger partial charge in [-0.2, -0.15) is 0 Å². The number of carbonyl (C=O) groups excluding carboxylic acids is 1. The summed E-state index contributed by atoms with van der Waals surface area (Å²) in [7, 11) is 4.72. The molecule has 0 fully saturated rings. The minimum Gasteiger partial charge on any atom is -0.497 e. The standard InChI is InChI=1S/C22H25N3O5S/c1-28-18-7-4-15(5-8-18)12-25-17(13-26)11-23-22(25)31-14-21(27)24-16-6-9-19(29-2)20(10-16)30-3/h4-11,26H,12-14H2,1-3H3,(H,24,27). The van der Waals surface area contributed by atoms with Gasteiger partial charge in [0.2, 0.25) is 5.91 Å². The number of methoxy groups -OCH3 is 3. The van der Waals surface area contributed by atoms with Gasteiger partial charge in [-0.1, -0.05) is 23.9 Å². The second-order valence-electron chi connectivity index (χ2n) is 6.53. The van der Waals surface area contributed by atoms with Crippen molar-refractivity contribution in [1.29, 1.82) is 0 Å². The molecule has 9 heteroatoms. The minimum atomic E-state index is -0.179. The van der Waals surface area contributed by atoms with Crippen molar-refractivity contribution in [3.05, 3.63) is 59.9 Å². The maximum atomic E-state index is 12.5. The molecule has 0 saturated carbocycles. The number of amides is 1. The number of carbonyl (C=O) groups is 1. The molecule has 8 nitrogen and oxygen atoms in total. The fraction of sp³-hybridized carbons (Fsp3) is 0.273. The number of imidazole rings is 1. The van der Waals surface area contributed by atoms with E-state index in [4.69, 9.17) is 14.2 Å². The third-order valence-electron chi connectivity index (χ3n) is 4.56. The average molecular weight is 444 g/mol. The summed E-state index contributed by atoms with van der Waals surface area (Å²) in [6.45, 7) is 0.390. The zero-order chi connectivity index (χ0) is 22.2. The number of hydrogen-bond donors (Lipinski definition) is 2. The highest BCUT2D eigenvalue weighted by molar-refractivity contribution is 7.99. The third-order valence-corrected chi connectivity index (χ3v) is 5.55. The minimum absolute atomic E-state index is 0.137. The van der Waals surface area contributed by atoms with Gasteiger partial charge in [-0.3, -0.25) is 4.79 Å². The number of ether oxygens (including phenoxy) is 3. The van der Waals surface area contributed by atoms with Crippen LogP contribution in [0.2, 0.25) is 0 Å². The molecule has 31 heavy (non-hydrogen) atoms. The Morgan fingerprint density at radius 2 is 1.81 bits per heavy atom. The zero-order valence-electron chi connectivity index (χ0n) is 17.6. The molecule has 2 aromatic carbocycles. The number of anilines is 1. The maximum absolute atomic E-state index is 12.5. The number of rotatable bonds is 10. The van der Waals surface area contributed by atoms with Crippen LogP contribution >= 0.6 is 11.8 Å². The van der Waals surface area contributed by atoms with Crippen molar-refractivity contribution < 1.29 is 24.1 Å². The molecule has 1 heterocycles. The predicted octanol–water partition coefficient (Wildman–Crippen LogP) is 3.18. The summed E-state index contributed by atoms with van der Waals surface area (Å²) in [6.07, 6.45) is 1.62. The highest BCUT2D eigenvalue weighted by Gasteiger charge is 2.14. The quantitative estimate of drug-likeness (QED) is 0.465. The van der Waals surface area contributed by atoms with Gasteiger partial charge in [0.15, 0.2) is 16.7 Å². The molecule has 0 saturated heterocycles. The molecule has 3 rings (SSSR count). The van der Waals surface area contributed by atoms with E-state index < -0.39 is 0 Å². The van der Waals surface area contributed by atoms with Crippen molar-refractivity contribution in [3.8, 4) is 17.2 Å². The summed E-state index contributed by atoms with van der Waals surface area (Å²) in [5, 5.41) is 13.2. The molecule has 0 bridgehead atoms. The van der Waals surface area contributed by atoms with Crippen LogP contribution in [0, 0.1) is 0 Å². The molecular formula is C22H25N3O5S. The maximum Gasteiger partial charge on any atom is 0.234 e. The lowest BCUT2D eigenvalue weighted by Crippen LogP contribution is -2.15. The number of aliphatic hydroxyl groups is 1. The Kier molecular flexibility index (Phi) is 7.80. The summed E-state index contributed by atoms with van der Waals surface area (Å²) >= 11 is 1.30. The van der Waals surface area contributed by atoms with Crippen LogP contribution < -0.4 is 19.5 Å². The van der Waals surface area contributed by atoms with Crippen molar-refractivity contribution in [2.75, 3.05) is 32.4 Å². The highest BCUT2D eigenvalue weighted by atomic mass is 32.2. The molecule has 0 aliphatic heterocycles. The third kappa shape index (κ3) is 5.71. The van der Waals surface area contributed by atoms with Gasteiger partial charge >= 0.3 is 0 Å². The fourth-order valence-electron chi connectivity index (χ4n) is 2.96. The van der Waals surface area contributed by atoms with Gasteiger partial charge in [0.05, 0.1) is 45.6 Å². The lowest BCUT2D eigenvalue weighted by Gasteiger charge is -2.12. The number of thioether (sulfide) groups is 1. The van der Waals surface area contributed by atoms with Crippen molar-refractivity contribution in [2.24, 2.45) is 0 Å². The van der Waals surface area contributed by atoms with E-state index in [2.05, 4.69) is 10.3 Å². The normalized spacial score (nSPS) is 10.6. The molecule has 1 amide bonds. The lowest BCUT2D eigenvalue weighted by molar-refractivity contribution is -0.113. The summed E-state index contributed by atoms with van der Waals surface area (Å²) < 4.78 is 17.6. The molecule has 0 atom stereocenters. The molecule has 2 N–H and O–H groups in total. The topological polar surface area (TPSA) is 94.8 Å². The largest absolute Gasteiger partial charge is 0.497 e. The first-order chi connectivity index (χ1) is 15.1. The second kappa shape index (κ2) is 10.7. The van der Waals surface area contributed by atoms with Gasteiger partial charge in [0.25, 0.3) is 0 Å². The molecule has 0 radical (unpaired) electrons. The van der Waals surface area contributed by atoms with E-state index in [0.717, 1.165) is 11.3 Å². The van der Waals surface area contributed by atoms with Crippen LogP contribution in [0.15, 0.2) is 53.8 Å². The van der Waals surface area contributed by atoms with E-state index in [1.165, 1.54) is 11.8 Å². The Morgan fingerprint density at radius 1 is 1.06 bits per heavy atom. The highest BCUT2D eigenvalue weighted by Crippen LogP contribution is 2.30. The Labute approximate surface area is 185 Å². The molecular weight excluding hydrogens is 418 g/mol. The predicted molar refractivity (Wildman–Crippen MR) is 119 cm³/mol. The van der Waals surface area contributed by atoms with Gasteiger partial charge in [-0.25, -0.2) is 4.98 Å². The van der Waals surface area contributed by atoms with Crippen molar-refractivity contribution in [2.45, 2.75) is 18.3 Å². The lowest BCUT2D eigenvalue weighted by atomic mass is 10.2. The number of aliphatic hydroxyl groups excluding tert-OH is 1. The van der Waals surface area contributed by atoms with E-state index in [0.29, 0.717) is 34.6 Å². The van der Waals surface area contributed by atoms with E-state index >= 15 is 0 Å². The smallest absolute Gasteiger partial charge is 0.234 e. The van der Waals surface area contributed by atoms with E-state index in [1.807, 2.05) is 28.8 Å². The van der Waals surface area contributed by atoms with Crippen LogP contribution in [0.1, 0.15) is 11.3 Å². The van der Waals surface area contributed by atoms with Crippen LogP contribution in [0.4, 0.5) is 5.69 Å². The molecule has 3 aromatic rings. The fourth-order valence-corrected chi connectivity index (χ4v) is 3.75. The van der Waals surface area contributed by atoms with Crippen LogP contribution in [0.5, 0.6) is 17.2 Å². The molecule has 0 aliphatic carbocycles. The van der Waals surface area contributed by atoms with Gasteiger partial charge in [0.1, 0.15) is 5.75 Å². The number of nitrogens with zero attached hydrogens (tertiary/aromatic N) is 2. The molecule has 1 aromatic heterocycles. The first-order valence-corrected chi connectivity index (χ1v) is 10.5. The number of benzene rings is 2.